The number of rotatable bonds is 7. The summed E-state index contributed by atoms with van der Waals surface area (Å²) in [4.78, 5) is 15.8. The minimum Gasteiger partial charge on any atom is -0.350 e. The summed E-state index contributed by atoms with van der Waals surface area (Å²) in [5.41, 5.74) is 3.47. The van der Waals surface area contributed by atoms with Crippen molar-refractivity contribution in [3.05, 3.63) is 130 Å². The van der Waals surface area contributed by atoms with Crippen LogP contribution in [0.25, 0.3) is 10.9 Å². The Morgan fingerprint density at radius 1 is 0.905 bits per heavy atom. The van der Waals surface area contributed by atoms with Gasteiger partial charge in [-0.1, -0.05) is 83.9 Å². The smallest absolute Gasteiger partial charge is 0.264 e. The molecule has 0 radical (unpaired) electrons. The Morgan fingerprint density at radius 3 is 2.40 bits per heavy atom. The second kappa shape index (κ2) is 11.5. The Kier molecular flexibility index (Phi) is 7.75. The van der Waals surface area contributed by atoms with Gasteiger partial charge in [0.2, 0.25) is 0 Å². The molecule has 6 rings (SSSR count). The molecule has 9 heteroatoms. The van der Waals surface area contributed by atoms with E-state index < -0.39 is 10.0 Å². The van der Waals surface area contributed by atoms with Gasteiger partial charge in [0.25, 0.3) is 15.9 Å². The number of anilines is 1. The third-order valence-corrected chi connectivity index (χ3v) is 10.3. The van der Waals surface area contributed by atoms with Crippen LogP contribution in [0.2, 0.25) is 10.0 Å². The zero-order chi connectivity index (χ0) is 29.4. The van der Waals surface area contributed by atoms with E-state index >= 15 is 0 Å². The van der Waals surface area contributed by atoms with Gasteiger partial charge in [0.1, 0.15) is 0 Å². The maximum absolute atomic E-state index is 14.2. The fraction of sp³-hybridized carbons (Fsp3) is 0.182. The molecular weight excluding hydrogens is 589 g/mol. The van der Waals surface area contributed by atoms with Gasteiger partial charge in [-0.15, -0.1) is 0 Å². The molecule has 1 atom stereocenters. The Balaban J connectivity index is 1.38. The quantitative estimate of drug-likeness (QED) is 0.187. The average molecular weight is 619 g/mol. The minimum atomic E-state index is -4.15. The zero-order valence-corrected chi connectivity index (χ0v) is 25.3. The first-order valence-corrected chi connectivity index (χ1v) is 15.9. The summed E-state index contributed by atoms with van der Waals surface area (Å²) in [6, 6.07) is 28.4. The molecule has 214 valence electrons. The molecule has 4 aromatic carbocycles. The molecule has 1 unspecified atom stereocenters. The van der Waals surface area contributed by atoms with Gasteiger partial charge >= 0.3 is 0 Å². The van der Waals surface area contributed by atoms with E-state index in [0.29, 0.717) is 17.3 Å². The molecule has 0 saturated carbocycles. The van der Waals surface area contributed by atoms with E-state index in [4.69, 9.17) is 23.2 Å². The summed E-state index contributed by atoms with van der Waals surface area (Å²) in [5.74, 6) is -0.292. The molecule has 2 heterocycles. The predicted octanol–water partition coefficient (Wildman–Crippen LogP) is 7.86. The number of nitrogens with zero attached hydrogens (tertiary/aromatic N) is 3. The van der Waals surface area contributed by atoms with Crippen LogP contribution in [0, 0.1) is 0 Å². The van der Waals surface area contributed by atoms with Crippen LogP contribution in [-0.2, 0) is 23.6 Å². The lowest BCUT2D eigenvalue weighted by molar-refractivity contribution is 0.0736. The number of benzene rings is 4. The summed E-state index contributed by atoms with van der Waals surface area (Å²) < 4.78 is 31.8. The van der Waals surface area contributed by atoms with Crippen LogP contribution in [0.15, 0.2) is 108 Å². The number of amides is 1. The van der Waals surface area contributed by atoms with Gasteiger partial charge < -0.3 is 9.47 Å². The number of hydrogen-bond donors (Lipinski definition) is 0. The lowest BCUT2D eigenvalue weighted by Gasteiger charge is -2.27. The van der Waals surface area contributed by atoms with Gasteiger partial charge in [-0.3, -0.25) is 9.10 Å². The van der Waals surface area contributed by atoms with Crippen LogP contribution in [0.4, 0.5) is 5.69 Å². The van der Waals surface area contributed by atoms with E-state index in [0.717, 1.165) is 34.9 Å². The third-order valence-electron chi connectivity index (χ3n) is 7.85. The number of carbonyl (C=O) groups excluding carboxylic acids is 1. The second-order valence-electron chi connectivity index (χ2n) is 10.5. The predicted molar refractivity (Wildman–Crippen MR) is 169 cm³/mol. The average Bonchev–Trinajstić information content (AvgIpc) is 3.61. The molecule has 5 aromatic rings. The minimum absolute atomic E-state index is 0.0352. The lowest BCUT2D eigenvalue weighted by Crippen LogP contribution is -2.32. The summed E-state index contributed by atoms with van der Waals surface area (Å²) >= 11 is 13.1. The molecule has 1 amide bonds. The fourth-order valence-corrected chi connectivity index (χ4v) is 7.77. The van der Waals surface area contributed by atoms with Gasteiger partial charge in [-0.05, 0) is 54.8 Å². The van der Waals surface area contributed by atoms with E-state index in [1.807, 2.05) is 54.4 Å². The van der Waals surface area contributed by atoms with Crippen LogP contribution in [-0.4, -0.2) is 30.3 Å². The first-order valence-electron chi connectivity index (χ1n) is 13.7. The van der Waals surface area contributed by atoms with Gasteiger partial charge in [0, 0.05) is 36.3 Å². The van der Waals surface area contributed by atoms with Gasteiger partial charge in [0.05, 0.1) is 38.8 Å². The number of sulfonamides is 1. The molecule has 1 saturated heterocycles. The number of halogens is 2. The van der Waals surface area contributed by atoms with Crippen LogP contribution in [0.3, 0.4) is 0 Å². The van der Waals surface area contributed by atoms with Crippen LogP contribution < -0.4 is 4.31 Å². The monoisotopic (exact) mass is 617 g/mol. The first-order chi connectivity index (χ1) is 20.3. The van der Waals surface area contributed by atoms with Crippen molar-refractivity contribution in [3.8, 4) is 0 Å². The highest BCUT2D eigenvalue weighted by Crippen LogP contribution is 2.39. The molecule has 0 spiro atoms. The molecule has 0 bridgehead atoms. The molecule has 1 aliphatic heterocycles. The van der Waals surface area contributed by atoms with Crippen molar-refractivity contribution in [2.45, 2.75) is 30.3 Å². The molecule has 42 heavy (non-hydrogen) atoms. The molecule has 1 aliphatic rings. The standard InChI is InChI=1S/C33H29Cl2N3O3S/c1-36-22-27(25-12-5-7-14-30(25)36)31-16-9-19-37(31)33(39)26-20-24(17-18-28(26)34)42(40,41)38(21-23-10-3-2-4-11-23)32-15-8-6-13-29(32)35/h2-8,10-15,17-18,20,22,31H,9,16,19,21H2,1H3. The topological polar surface area (TPSA) is 62.6 Å². The number of hydrogen-bond acceptors (Lipinski definition) is 3. The van der Waals surface area contributed by atoms with E-state index in [-0.39, 0.29) is 34.0 Å². The highest BCUT2D eigenvalue weighted by atomic mass is 35.5. The zero-order valence-electron chi connectivity index (χ0n) is 23.0. The number of para-hydroxylation sites is 2. The molecule has 1 fully saturated rings. The van der Waals surface area contributed by atoms with Crippen molar-refractivity contribution in [2.75, 3.05) is 10.8 Å². The molecular formula is C33H29Cl2N3O3S. The van der Waals surface area contributed by atoms with E-state index in [2.05, 4.69) is 22.9 Å². The Labute approximate surface area is 255 Å². The van der Waals surface area contributed by atoms with Crippen molar-refractivity contribution in [1.29, 1.82) is 0 Å². The van der Waals surface area contributed by atoms with Gasteiger partial charge in [-0.25, -0.2) is 8.42 Å². The van der Waals surface area contributed by atoms with Gasteiger partial charge in [0.15, 0.2) is 0 Å². The van der Waals surface area contributed by atoms with Crippen molar-refractivity contribution in [2.24, 2.45) is 7.05 Å². The molecule has 0 N–H and O–H groups in total. The summed E-state index contributed by atoms with van der Waals surface area (Å²) in [6.07, 6.45) is 3.73. The van der Waals surface area contributed by atoms with Crippen molar-refractivity contribution >= 4 is 55.7 Å². The number of fused-ring (bicyclic) bond motifs is 1. The van der Waals surface area contributed by atoms with Crippen LogP contribution in [0.5, 0.6) is 0 Å². The van der Waals surface area contributed by atoms with Gasteiger partial charge in [-0.2, -0.15) is 0 Å². The first kappa shape index (κ1) is 28.3. The highest BCUT2D eigenvalue weighted by Gasteiger charge is 2.35. The normalized spacial score (nSPS) is 15.3. The SMILES string of the molecule is Cn1cc(C2CCCN2C(=O)c2cc(S(=O)(=O)N(Cc3ccccc3)c3ccccc3Cl)ccc2Cl)c2ccccc21. The van der Waals surface area contributed by atoms with Crippen LogP contribution >= 0.6 is 23.2 Å². The summed E-state index contributed by atoms with van der Waals surface area (Å²) in [7, 11) is -2.15. The van der Waals surface area contributed by atoms with Crippen molar-refractivity contribution < 1.29 is 13.2 Å². The molecule has 0 aliphatic carbocycles. The van der Waals surface area contributed by atoms with E-state index in [1.54, 1.807) is 24.3 Å². The van der Waals surface area contributed by atoms with Crippen molar-refractivity contribution in [1.82, 2.24) is 9.47 Å². The van der Waals surface area contributed by atoms with Crippen molar-refractivity contribution in [3.63, 3.8) is 0 Å². The van der Waals surface area contributed by atoms with E-state index in [9.17, 15) is 13.2 Å². The Morgan fingerprint density at radius 2 is 1.62 bits per heavy atom. The largest absolute Gasteiger partial charge is 0.350 e. The molecule has 6 nitrogen and oxygen atoms in total. The second-order valence-corrected chi connectivity index (χ2v) is 13.1. The lowest BCUT2D eigenvalue weighted by atomic mass is 10.0. The number of aryl methyl sites for hydroxylation is 1. The van der Waals surface area contributed by atoms with Crippen LogP contribution in [0.1, 0.15) is 40.4 Å². The maximum atomic E-state index is 14.2. The maximum Gasteiger partial charge on any atom is 0.264 e. The number of carbonyl (C=O) groups is 1. The summed E-state index contributed by atoms with van der Waals surface area (Å²) in [5, 5.41) is 1.61. The fourth-order valence-electron chi connectivity index (χ4n) is 5.79. The highest BCUT2D eigenvalue weighted by molar-refractivity contribution is 7.92. The Hall–Kier alpha value is -3.78. The number of aromatic nitrogens is 1. The Bertz CT molecular complexity index is 1890. The number of likely N-dealkylation sites (tertiary alicyclic amines) is 1. The third kappa shape index (κ3) is 5.17. The summed E-state index contributed by atoms with van der Waals surface area (Å²) in [6.45, 7) is 0.619. The van der Waals surface area contributed by atoms with E-state index in [1.165, 1.54) is 22.5 Å². The molecule has 1 aromatic heterocycles.